The van der Waals surface area contributed by atoms with Crippen LogP contribution < -0.4 is 10.6 Å². The van der Waals surface area contributed by atoms with E-state index in [1.165, 1.54) is 6.07 Å². The average Bonchev–Trinajstić information content (AvgIpc) is 2.46. The van der Waals surface area contributed by atoms with Gasteiger partial charge in [0.1, 0.15) is 5.82 Å². The molecule has 1 aromatic heterocycles. The van der Waals surface area contributed by atoms with Crippen LogP contribution in [-0.2, 0) is 6.18 Å². The van der Waals surface area contributed by atoms with Crippen molar-refractivity contribution in [2.45, 2.75) is 19.1 Å². The van der Waals surface area contributed by atoms with Crippen LogP contribution in [0.3, 0.4) is 0 Å². The molecule has 0 fully saturated rings. The standard InChI is InChI=1S/C14H15F3N4/c1-10(19-11-5-3-2-4-6-11)9-18-13-8-7-12(20-21-13)14(15,16)17/h2-8,10,19H,9H2,1H3,(H,18,21). The lowest BCUT2D eigenvalue weighted by molar-refractivity contribution is -0.141. The number of para-hydroxylation sites is 1. The van der Waals surface area contributed by atoms with Crippen molar-refractivity contribution in [1.29, 1.82) is 0 Å². The molecule has 0 spiro atoms. The van der Waals surface area contributed by atoms with Gasteiger partial charge in [-0.1, -0.05) is 18.2 Å². The minimum Gasteiger partial charge on any atom is -0.381 e. The van der Waals surface area contributed by atoms with Gasteiger partial charge in [0.15, 0.2) is 5.69 Å². The van der Waals surface area contributed by atoms with Crippen LogP contribution in [0, 0.1) is 0 Å². The first-order valence-electron chi connectivity index (χ1n) is 6.41. The van der Waals surface area contributed by atoms with Gasteiger partial charge in [-0.05, 0) is 31.2 Å². The summed E-state index contributed by atoms with van der Waals surface area (Å²) in [7, 11) is 0. The van der Waals surface area contributed by atoms with Crippen LogP contribution in [0.5, 0.6) is 0 Å². The molecule has 7 heteroatoms. The monoisotopic (exact) mass is 296 g/mol. The van der Waals surface area contributed by atoms with Crippen molar-refractivity contribution in [3.63, 3.8) is 0 Å². The summed E-state index contributed by atoms with van der Waals surface area (Å²) in [5, 5.41) is 12.9. The van der Waals surface area contributed by atoms with E-state index in [9.17, 15) is 13.2 Å². The highest BCUT2D eigenvalue weighted by Gasteiger charge is 2.32. The van der Waals surface area contributed by atoms with Crippen LogP contribution in [0.2, 0.25) is 0 Å². The second kappa shape index (κ2) is 6.43. The van der Waals surface area contributed by atoms with Gasteiger partial charge in [0.25, 0.3) is 0 Å². The lowest BCUT2D eigenvalue weighted by Gasteiger charge is -2.16. The van der Waals surface area contributed by atoms with E-state index < -0.39 is 11.9 Å². The number of aromatic nitrogens is 2. The number of benzene rings is 1. The maximum absolute atomic E-state index is 12.3. The Balaban J connectivity index is 1.85. The summed E-state index contributed by atoms with van der Waals surface area (Å²) >= 11 is 0. The van der Waals surface area contributed by atoms with Crippen LogP contribution in [-0.4, -0.2) is 22.8 Å². The fourth-order valence-electron chi connectivity index (χ4n) is 1.71. The predicted octanol–water partition coefficient (Wildman–Crippen LogP) is 3.41. The first-order chi connectivity index (χ1) is 9.95. The molecule has 2 rings (SSSR count). The zero-order chi connectivity index (χ0) is 15.3. The van der Waals surface area contributed by atoms with E-state index in [2.05, 4.69) is 20.8 Å². The van der Waals surface area contributed by atoms with E-state index in [1.807, 2.05) is 37.3 Å². The quantitative estimate of drug-likeness (QED) is 0.888. The first kappa shape index (κ1) is 15.1. The Kier molecular flexibility index (Phi) is 4.62. The van der Waals surface area contributed by atoms with Crippen molar-refractivity contribution < 1.29 is 13.2 Å². The van der Waals surface area contributed by atoms with Gasteiger partial charge in [-0.15, -0.1) is 10.2 Å². The van der Waals surface area contributed by atoms with E-state index in [1.54, 1.807) is 0 Å². The topological polar surface area (TPSA) is 49.8 Å². The minimum atomic E-state index is -4.46. The van der Waals surface area contributed by atoms with Crippen LogP contribution in [0.1, 0.15) is 12.6 Å². The van der Waals surface area contributed by atoms with Gasteiger partial charge in [0.2, 0.25) is 0 Å². The zero-order valence-corrected chi connectivity index (χ0v) is 11.4. The Morgan fingerprint density at radius 3 is 2.33 bits per heavy atom. The smallest absolute Gasteiger partial charge is 0.381 e. The third-order valence-corrected chi connectivity index (χ3v) is 2.73. The molecule has 0 bridgehead atoms. The fourth-order valence-corrected chi connectivity index (χ4v) is 1.71. The van der Waals surface area contributed by atoms with Gasteiger partial charge in [0.05, 0.1) is 0 Å². The molecule has 2 N–H and O–H groups in total. The minimum absolute atomic E-state index is 0.0801. The average molecular weight is 296 g/mol. The van der Waals surface area contributed by atoms with Crippen LogP contribution in [0.15, 0.2) is 42.5 Å². The molecule has 0 aliphatic rings. The summed E-state index contributed by atoms with van der Waals surface area (Å²) in [6, 6.07) is 11.9. The fraction of sp³-hybridized carbons (Fsp3) is 0.286. The number of anilines is 2. The molecule has 1 heterocycles. The van der Waals surface area contributed by atoms with E-state index in [-0.39, 0.29) is 6.04 Å². The van der Waals surface area contributed by atoms with Crippen molar-refractivity contribution in [2.24, 2.45) is 0 Å². The molecule has 0 amide bonds. The summed E-state index contributed by atoms with van der Waals surface area (Å²) in [5.74, 6) is 0.310. The molecule has 4 nitrogen and oxygen atoms in total. The predicted molar refractivity (Wildman–Crippen MR) is 75.1 cm³/mol. The molecule has 112 valence electrons. The third kappa shape index (κ3) is 4.62. The molecule has 1 atom stereocenters. The largest absolute Gasteiger partial charge is 0.435 e. The van der Waals surface area contributed by atoms with Crippen molar-refractivity contribution >= 4 is 11.5 Å². The van der Waals surface area contributed by atoms with E-state index in [0.717, 1.165) is 11.8 Å². The maximum atomic E-state index is 12.3. The Morgan fingerprint density at radius 1 is 1.05 bits per heavy atom. The molecule has 1 unspecified atom stereocenters. The Labute approximate surface area is 120 Å². The molecule has 0 radical (unpaired) electrons. The van der Waals surface area contributed by atoms with Crippen molar-refractivity contribution in [3.8, 4) is 0 Å². The van der Waals surface area contributed by atoms with E-state index >= 15 is 0 Å². The third-order valence-electron chi connectivity index (χ3n) is 2.73. The molecular weight excluding hydrogens is 281 g/mol. The highest BCUT2D eigenvalue weighted by molar-refractivity contribution is 5.44. The normalized spacial score (nSPS) is 12.8. The highest BCUT2D eigenvalue weighted by Crippen LogP contribution is 2.27. The number of hydrogen-bond acceptors (Lipinski definition) is 4. The summed E-state index contributed by atoms with van der Waals surface area (Å²) in [6.07, 6.45) is -4.46. The second-order valence-electron chi connectivity index (χ2n) is 4.59. The van der Waals surface area contributed by atoms with Crippen molar-refractivity contribution in [1.82, 2.24) is 10.2 Å². The molecule has 0 saturated carbocycles. The van der Waals surface area contributed by atoms with Gasteiger partial charge >= 0.3 is 6.18 Å². The second-order valence-corrected chi connectivity index (χ2v) is 4.59. The van der Waals surface area contributed by atoms with Gasteiger partial charge in [-0.2, -0.15) is 13.2 Å². The lowest BCUT2D eigenvalue weighted by Crippen LogP contribution is -2.25. The van der Waals surface area contributed by atoms with Crippen molar-refractivity contribution in [3.05, 3.63) is 48.2 Å². The molecule has 0 aliphatic heterocycles. The molecule has 21 heavy (non-hydrogen) atoms. The summed E-state index contributed by atoms with van der Waals surface area (Å²) in [4.78, 5) is 0. The summed E-state index contributed by atoms with van der Waals surface area (Å²) in [6.45, 7) is 2.46. The molecule has 0 saturated heterocycles. The summed E-state index contributed by atoms with van der Waals surface area (Å²) in [5.41, 5.74) is -0.0196. The van der Waals surface area contributed by atoms with Gasteiger partial charge in [-0.3, -0.25) is 0 Å². The zero-order valence-electron chi connectivity index (χ0n) is 11.4. The van der Waals surface area contributed by atoms with E-state index in [0.29, 0.717) is 12.4 Å². The number of rotatable bonds is 5. The van der Waals surface area contributed by atoms with Gasteiger partial charge in [-0.25, -0.2) is 0 Å². The van der Waals surface area contributed by atoms with Crippen LogP contribution >= 0.6 is 0 Å². The Morgan fingerprint density at radius 2 is 1.76 bits per heavy atom. The number of nitrogens with zero attached hydrogens (tertiary/aromatic N) is 2. The van der Waals surface area contributed by atoms with Crippen LogP contribution in [0.4, 0.5) is 24.7 Å². The van der Waals surface area contributed by atoms with E-state index in [4.69, 9.17) is 0 Å². The number of hydrogen-bond donors (Lipinski definition) is 2. The number of halogens is 3. The van der Waals surface area contributed by atoms with Crippen molar-refractivity contribution in [2.75, 3.05) is 17.2 Å². The molecule has 0 aliphatic carbocycles. The molecular formula is C14H15F3N4. The SMILES string of the molecule is CC(CNc1ccc(C(F)(F)F)nn1)Nc1ccccc1. The Bertz CT molecular complexity index is 555. The van der Waals surface area contributed by atoms with Gasteiger partial charge in [0, 0.05) is 18.3 Å². The maximum Gasteiger partial charge on any atom is 0.435 e. The Hall–Kier alpha value is -2.31. The molecule has 2 aromatic rings. The summed E-state index contributed by atoms with van der Waals surface area (Å²) < 4.78 is 37.0. The lowest BCUT2D eigenvalue weighted by atomic mass is 10.2. The van der Waals surface area contributed by atoms with Crippen LogP contribution in [0.25, 0.3) is 0 Å². The van der Waals surface area contributed by atoms with Gasteiger partial charge < -0.3 is 10.6 Å². The molecule has 1 aromatic carbocycles. The first-order valence-corrected chi connectivity index (χ1v) is 6.41. The number of nitrogens with one attached hydrogen (secondary N) is 2. The number of alkyl halides is 3. The highest BCUT2D eigenvalue weighted by atomic mass is 19.4.